The van der Waals surface area contributed by atoms with Gasteiger partial charge in [0.05, 0.1) is 3.39 Å². The third-order valence-corrected chi connectivity index (χ3v) is 5.47. The quantitative estimate of drug-likeness (QED) is 0.368. The summed E-state index contributed by atoms with van der Waals surface area (Å²) >= 11 is 6.73. The Morgan fingerprint density at radius 3 is 1.38 bits per heavy atom. The Morgan fingerprint density at radius 1 is 0.750 bits per heavy atom. The zero-order valence-corrected chi connectivity index (χ0v) is 23.3. The van der Waals surface area contributed by atoms with Crippen molar-refractivity contribution in [3.05, 3.63) is 9.47 Å². The number of likely N-dealkylation sites (tertiary alicyclic amines) is 2. The summed E-state index contributed by atoms with van der Waals surface area (Å²) in [6, 6.07) is 0. The number of amides is 2. The summed E-state index contributed by atoms with van der Waals surface area (Å²) in [7, 11) is 0. The fourth-order valence-corrected chi connectivity index (χ4v) is 4.05. The summed E-state index contributed by atoms with van der Waals surface area (Å²) in [5.74, 6) is 0.645. The second kappa shape index (κ2) is 13.0. The molecule has 0 aromatic heterocycles. The molecule has 0 radical (unpaired) electrons. The minimum atomic E-state index is -0.446. The lowest BCUT2D eigenvalue weighted by Crippen LogP contribution is -2.41. The third kappa shape index (κ3) is 12.2. The number of carbonyl (C=O) groups is 3. The first-order valence-corrected chi connectivity index (χ1v) is 12.7. The molecule has 2 aliphatic heterocycles. The Labute approximate surface area is 209 Å². The van der Waals surface area contributed by atoms with Crippen molar-refractivity contribution in [1.82, 2.24) is 9.80 Å². The first-order valence-electron chi connectivity index (χ1n) is 11.1. The summed E-state index contributed by atoms with van der Waals surface area (Å²) in [6.45, 7) is 14.0. The highest BCUT2D eigenvalue weighted by molar-refractivity contribution is 9.28. The molecule has 0 bridgehead atoms. The Balaban J connectivity index is 0.000000323. The zero-order chi connectivity index (χ0) is 24.5. The molecule has 0 spiro atoms. The summed E-state index contributed by atoms with van der Waals surface area (Å²) < 4.78 is 11.6. The van der Waals surface area contributed by atoms with Crippen LogP contribution in [0.5, 0.6) is 0 Å². The van der Waals surface area contributed by atoms with E-state index in [1.54, 1.807) is 9.80 Å². The zero-order valence-electron chi connectivity index (χ0n) is 20.2. The average Bonchev–Trinajstić information content (AvgIpc) is 2.66. The van der Waals surface area contributed by atoms with Crippen LogP contribution in [-0.2, 0) is 14.3 Å². The molecule has 0 aromatic rings. The van der Waals surface area contributed by atoms with Crippen molar-refractivity contribution in [2.75, 3.05) is 26.2 Å². The number of aldehydes is 1. The van der Waals surface area contributed by atoms with E-state index in [1.807, 2.05) is 41.5 Å². The van der Waals surface area contributed by atoms with Crippen LogP contribution in [0.2, 0.25) is 0 Å². The molecule has 0 atom stereocenters. The monoisotopic (exact) mass is 580 g/mol. The van der Waals surface area contributed by atoms with Gasteiger partial charge in [0.25, 0.3) is 0 Å². The SMILES string of the molecule is CC(C)(C)OC(=O)N1CCC(C=C(Br)Br)CC1.CC(C)(C)OC(=O)N1CCC(C=O)CC1. The first kappa shape index (κ1) is 28.9. The van der Waals surface area contributed by atoms with Crippen LogP contribution >= 0.6 is 31.9 Å². The predicted molar refractivity (Wildman–Crippen MR) is 133 cm³/mol. The standard InChI is InChI=1S/C12H19Br2NO2.C11H19NO3/c1-12(2,3)17-11(16)15-6-4-9(5-7-15)8-10(13)14;1-11(2,3)15-10(14)12-6-4-9(8-13)5-7-12/h8-9H,4-7H2,1-3H3;8-9H,4-7H2,1-3H3. The number of hydrogen-bond donors (Lipinski definition) is 0. The number of piperidine rings is 2. The van der Waals surface area contributed by atoms with E-state index in [0.29, 0.717) is 19.0 Å². The predicted octanol–water partition coefficient (Wildman–Crippen LogP) is 6.10. The van der Waals surface area contributed by atoms with Gasteiger partial charge in [0.1, 0.15) is 17.5 Å². The molecule has 32 heavy (non-hydrogen) atoms. The van der Waals surface area contributed by atoms with E-state index >= 15 is 0 Å². The number of rotatable bonds is 2. The normalized spacial score (nSPS) is 18.2. The Bertz CT molecular complexity index is 650. The summed E-state index contributed by atoms with van der Waals surface area (Å²) in [4.78, 5) is 37.4. The van der Waals surface area contributed by atoms with Crippen molar-refractivity contribution in [2.24, 2.45) is 11.8 Å². The Hall–Kier alpha value is -1.09. The maximum atomic E-state index is 11.8. The summed E-state index contributed by atoms with van der Waals surface area (Å²) in [5.41, 5.74) is -0.856. The Kier molecular flexibility index (Phi) is 11.7. The molecule has 0 aliphatic carbocycles. The van der Waals surface area contributed by atoms with E-state index in [9.17, 15) is 14.4 Å². The van der Waals surface area contributed by atoms with Crippen LogP contribution in [0.3, 0.4) is 0 Å². The van der Waals surface area contributed by atoms with Crippen LogP contribution in [0.25, 0.3) is 0 Å². The fourth-order valence-electron chi connectivity index (χ4n) is 3.30. The van der Waals surface area contributed by atoms with E-state index in [2.05, 4.69) is 37.9 Å². The molecular weight excluding hydrogens is 544 g/mol. The van der Waals surface area contributed by atoms with Crippen molar-refractivity contribution in [2.45, 2.75) is 78.4 Å². The number of carbonyl (C=O) groups excluding carboxylic acids is 3. The number of hydrogen-bond acceptors (Lipinski definition) is 5. The molecule has 0 aromatic carbocycles. The van der Waals surface area contributed by atoms with E-state index < -0.39 is 11.2 Å². The van der Waals surface area contributed by atoms with Crippen LogP contribution in [0.1, 0.15) is 67.2 Å². The highest BCUT2D eigenvalue weighted by Crippen LogP contribution is 2.25. The molecule has 184 valence electrons. The van der Waals surface area contributed by atoms with E-state index in [4.69, 9.17) is 9.47 Å². The fraction of sp³-hybridized carbons (Fsp3) is 0.783. The van der Waals surface area contributed by atoms with E-state index in [1.165, 1.54) is 0 Å². The van der Waals surface area contributed by atoms with Gasteiger partial charge in [-0.15, -0.1) is 0 Å². The molecule has 2 rings (SSSR count). The lowest BCUT2D eigenvalue weighted by molar-refractivity contribution is -0.112. The number of nitrogens with zero attached hydrogens (tertiary/aromatic N) is 2. The van der Waals surface area contributed by atoms with Crippen LogP contribution in [0.4, 0.5) is 9.59 Å². The van der Waals surface area contributed by atoms with Crippen molar-refractivity contribution >= 4 is 50.3 Å². The molecule has 2 aliphatic rings. The molecular formula is C23H38Br2N2O5. The van der Waals surface area contributed by atoms with Gasteiger partial charge in [0, 0.05) is 32.1 Å². The molecule has 0 unspecified atom stereocenters. The van der Waals surface area contributed by atoms with Crippen molar-refractivity contribution in [3.8, 4) is 0 Å². The number of allylic oxidation sites excluding steroid dienone is 1. The van der Waals surface area contributed by atoms with Crippen LogP contribution in [0, 0.1) is 11.8 Å². The lowest BCUT2D eigenvalue weighted by Gasteiger charge is -2.32. The number of ether oxygens (including phenoxy) is 2. The highest BCUT2D eigenvalue weighted by atomic mass is 79.9. The minimum absolute atomic E-state index is 0.115. The van der Waals surface area contributed by atoms with Crippen LogP contribution in [0.15, 0.2) is 9.47 Å². The lowest BCUT2D eigenvalue weighted by atomic mass is 9.97. The smallest absolute Gasteiger partial charge is 0.410 e. The second-order valence-electron chi connectivity index (χ2n) is 10.2. The van der Waals surface area contributed by atoms with Gasteiger partial charge < -0.3 is 24.1 Å². The first-order chi connectivity index (χ1) is 14.7. The van der Waals surface area contributed by atoms with Crippen molar-refractivity contribution in [3.63, 3.8) is 0 Å². The molecule has 7 nitrogen and oxygen atoms in total. The summed E-state index contributed by atoms with van der Waals surface area (Å²) in [5, 5.41) is 0. The van der Waals surface area contributed by atoms with Crippen molar-refractivity contribution in [1.29, 1.82) is 0 Å². The van der Waals surface area contributed by atoms with Gasteiger partial charge in [-0.05, 0) is 105 Å². The van der Waals surface area contributed by atoms with Gasteiger partial charge in [-0.25, -0.2) is 9.59 Å². The van der Waals surface area contributed by atoms with Gasteiger partial charge >= 0.3 is 12.2 Å². The minimum Gasteiger partial charge on any atom is -0.444 e. The average molecular weight is 582 g/mol. The Morgan fingerprint density at radius 2 is 1.09 bits per heavy atom. The van der Waals surface area contributed by atoms with E-state index in [-0.39, 0.29) is 18.1 Å². The third-order valence-electron chi connectivity index (χ3n) is 4.94. The molecule has 2 amide bonds. The van der Waals surface area contributed by atoms with Gasteiger partial charge in [-0.3, -0.25) is 0 Å². The molecule has 0 N–H and O–H groups in total. The van der Waals surface area contributed by atoms with E-state index in [0.717, 1.165) is 48.5 Å². The van der Waals surface area contributed by atoms with Crippen LogP contribution in [-0.4, -0.2) is 65.7 Å². The molecule has 2 saturated heterocycles. The molecule has 9 heteroatoms. The second-order valence-corrected chi connectivity index (χ2v) is 13.0. The molecule has 2 fully saturated rings. The van der Waals surface area contributed by atoms with Crippen molar-refractivity contribution < 1.29 is 23.9 Å². The van der Waals surface area contributed by atoms with Gasteiger partial charge in [0.2, 0.25) is 0 Å². The van der Waals surface area contributed by atoms with Gasteiger partial charge in [0.15, 0.2) is 0 Å². The largest absolute Gasteiger partial charge is 0.444 e. The van der Waals surface area contributed by atoms with Crippen LogP contribution < -0.4 is 0 Å². The highest BCUT2D eigenvalue weighted by Gasteiger charge is 2.27. The summed E-state index contributed by atoms with van der Waals surface area (Å²) in [6.07, 6.45) is 6.13. The van der Waals surface area contributed by atoms with Gasteiger partial charge in [-0.1, -0.05) is 6.08 Å². The molecule has 0 saturated carbocycles. The molecule has 2 heterocycles. The van der Waals surface area contributed by atoms with Gasteiger partial charge in [-0.2, -0.15) is 0 Å². The maximum absolute atomic E-state index is 11.8. The maximum Gasteiger partial charge on any atom is 0.410 e. The topological polar surface area (TPSA) is 76.2 Å². The number of halogens is 2.